The molecule has 0 amide bonds. The van der Waals surface area contributed by atoms with E-state index in [1.165, 1.54) is 18.7 Å². The molecule has 14 heteroatoms. The van der Waals surface area contributed by atoms with E-state index >= 15 is 0 Å². The monoisotopic (exact) mass is 735 g/mol. The van der Waals surface area contributed by atoms with Gasteiger partial charge in [0.05, 0.1) is 7.11 Å². The Morgan fingerprint density at radius 1 is 1.07 bits per heavy atom. The van der Waals surface area contributed by atoms with Gasteiger partial charge in [-0.15, -0.1) is 11.8 Å². The first-order chi connectivity index (χ1) is 20.3. The molecule has 12 nitrogen and oxygen atoms in total. The molecule has 0 aliphatic carbocycles. The van der Waals surface area contributed by atoms with Gasteiger partial charge in [-0.2, -0.15) is 0 Å². The van der Waals surface area contributed by atoms with Gasteiger partial charge in [0.15, 0.2) is 35.9 Å². The Morgan fingerprint density at radius 3 is 2.28 bits per heavy atom. The average molecular weight is 736 g/mol. The van der Waals surface area contributed by atoms with Gasteiger partial charge >= 0.3 is 23.9 Å². The Labute approximate surface area is 268 Å². The molecular weight excluding hydrogens is 697 g/mol. The van der Waals surface area contributed by atoms with E-state index < -0.39 is 65.2 Å². The van der Waals surface area contributed by atoms with E-state index in [0.29, 0.717) is 11.5 Å². The first-order valence-electron chi connectivity index (χ1n) is 14.0. The average Bonchev–Trinajstić information content (AvgIpc) is 3.27. The van der Waals surface area contributed by atoms with Crippen molar-refractivity contribution in [3.8, 4) is 11.5 Å². The van der Waals surface area contributed by atoms with Crippen LogP contribution in [0.1, 0.15) is 45.2 Å². The number of methoxy groups -OCH3 is 1. The second kappa shape index (κ2) is 13.8. The molecule has 43 heavy (non-hydrogen) atoms. The predicted molar refractivity (Wildman–Crippen MR) is 163 cm³/mol. The quantitative estimate of drug-likeness (QED) is 0.181. The number of benzene rings is 1. The van der Waals surface area contributed by atoms with Crippen LogP contribution in [0.4, 0.5) is 0 Å². The fraction of sp³-hybridized carbons (Fsp3) is 0.655. The fourth-order valence-corrected chi connectivity index (χ4v) is 8.50. The summed E-state index contributed by atoms with van der Waals surface area (Å²) in [4.78, 5) is 51.5. The molecule has 0 radical (unpaired) electrons. The number of alkyl halides is 1. The lowest BCUT2D eigenvalue weighted by molar-refractivity contribution is -0.235. The molecular formula is C29H38INO11S. The van der Waals surface area contributed by atoms with Crippen molar-refractivity contribution >= 4 is 58.2 Å². The number of phenolic OH excluding ortho intramolecular Hbond substituents is 1. The molecule has 1 spiro atoms. The van der Waals surface area contributed by atoms with E-state index in [1.54, 1.807) is 6.07 Å². The molecule has 8 atom stereocenters. The molecule has 3 aliphatic heterocycles. The first-order valence-corrected chi connectivity index (χ1v) is 16.5. The van der Waals surface area contributed by atoms with Gasteiger partial charge in [0.2, 0.25) is 0 Å². The lowest BCUT2D eigenvalue weighted by Gasteiger charge is -2.47. The van der Waals surface area contributed by atoms with Crippen LogP contribution in [0, 0.1) is 5.92 Å². The molecule has 1 aromatic carbocycles. The molecule has 238 valence electrons. The van der Waals surface area contributed by atoms with E-state index in [9.17, 15) is 24.3 Å². The molecule has 3 aliphatic rings. The first kappa shape index (κ1) is 33.6. The van der Waals surface area contributed by atoms with E-state index in [-0.39, 0.29) is 11.7 Å². The molecule has 0 bridgehead atoms. The minimum absolute atomic E-state index is 0.0678. The van der Waals surface area contributed by atoms with Gasteiger partial charge in [-0.3, -0.25) is 14.4 Å². The van der Waals surface area contributed by atoms with Gasteiger partial charge in [-0.25, -0.2) is 4.79 Å². The Balaban J connectivity index is 1.72. The summed E-state index contributed by atoms with van der Waals surface area (Å²) in [6.07, 6.45) is -5.11. The van der Waals surface area contributed by atoms with Gasteiger partial charge in [0.1, 0.15) is 11.5 Å². The van der Waals surface area contributed by atoms with Crippen LogP contribution in [0.2, 0.25) is 0 Å². The number of fused-ring (bicyclic) bond motifs is 2. The highest BCUT2D eigenvalue weighted by Crippen LogP contribution is 2.57. The number of thioether (sulfide) groups is 1. The number of nitrogens with zero attached hydrogens (tertiary/aromatic N) is 1. The summed E-state index contributed by atoms with van der Waals surface area (Å²) >= 11 is 3.54. The number of carbonyl (C=O) groups is 4. The van der Waals surface area contributed by atoms with Crippen molar-refractivity contribution in [1.29, 1.82) is 0 Å². The van der Waals surface area contributed by atoms with Crippen LogP contribution in [0.15, 0.2) is 12.1 Å². The molecule has 2 saturated heterocycles. The minimum Gasteiger partial charge on any atom is -0.504 e. The highest BCUT2D eigenvalue weighted by atomic mass is 127. The number of hydrogen-bond acceptors (Lipinski definition) is 13. The van der Waals surface area contributed by atoms with Crippen molar-refractivity contribution < 1.29 is 52.7 Å². The normalized spacial score (nSPS) is 31.9. The van der Waals surface area contributed by atoms with Gasteiger partial charge < -0.3 is 38.4 Å². The molecule has 1 aromatic rings. The van der Waals surface area contributed by atoms with Gasteiger partial charge in [-0.05, 0) is 37.6 Å². The van der Waals surface area contributed by atoms with Crippen molar-refractivity contribution in [3.63, 3.8) is 0 Å². The summed E-state index contributed by atoms with van der Waals surface area (Å²) in [6, 6.07) is 3.59. The largest absolute Gasteiger partial charge is 0.504 e. The Kier molecular flexibility index (Phi) is 10.8. The second-order valence-corrected chi connectivity index (χ2v) is 13.0. The maximum atomic E-state index is 12.8. The highest BCUT2D eigenvalue weighted by Gasteiger charge is 2.58. The molecule has 2 fully saturated rings. The van der Waals surface area contributed by atoms with Crippen LogP contribution < -0.4 is 4.74 Å². The Morgan fingerprint density at radius 2 is 1.70 bits per heavy atom. The molecule has 0 saturated carbocycles. The summed E-state index contributed by atoms with van der Waals surface area (Å²) in [5.74, 6) is -2.02. The Hall–Kier alpha value is -2.30. The maximum Gasteiger partial charge on any atom is 0.339 e. The number of ether oxygens (including phenoxy) is 6. The number of esters is 4. The molecule has 1 N–H and O–H groups in total. The third-order valence-electron chi connectivity index (χ3n) is 8.29. The zero-order chi connectivity index (χ0) is 31.6. The predicted octanol–water partition coefficient (Wildman–Crippen LogP) is 2.72. The lowest BCUT2D eigenvalue weighted by atomic mass is 9.63. The van der Waals surface area contributed by atoms with Crippen molar-refractivity contribution in [2.45, 2.75) is 79.9 Å². The van der Waals surface area contributed by atoms with Crippen LogP contribution in [0.3, 0.4) is 0 Å². The van der Waals surface area contributed by atoms with Crippen LogP contribution in [-0.4, -0.2) is 103 Å². The minimum atomic E-state index is -1.46. The van der Waals surface area contributed by atoms with Crippen LogP contribution in [0.5, 0.6) is 11.5 Å². The number of aromatic hydroxyl groups is 1. The molecule has 0 aromatic heterocycles. The van der Waals surface area contributed by atoms with Crippen LogP contribution in [-0.2, 0) is 52.7 Å². The smallest absolute Gasteiger partial charge is 0.339 e. The van der Waals surface area contributed by atoms with Gasteiger partial charge in [-0.1, -0.05) is 35.6 Å². The number of carbonyl (C=O) groups excluding carboxylic acids is 4. The third-order valence-corrected chi connectivity index (χ3v) is 10.3. The zero-order valence-electron chi connectivity index (χ0n) is 25.0. The lowest BCUT2D eigenvalue weighted by Crippen LogP contribution is -2.62. The number of likely N-dealkylation sites (tertiary alicyclic amines) is 1. The second-order valence-electron chi connectivity index (χ2n) is 11.1. The van der Waals surface area contributed by atoms with Gasteiger partial charge in [0.25, 0.3) is 0 Å². The fourth-order valence-electron chi connectivity index (χ4n) is 6.53. The van der Waals surface area contributed by atoms with Gasteiger partial charge in [0, 0.05) is 48.5 Å². The SMILES string of the molecule is COC(=O)[C@H]1OC(SCC2Oc3c(O)ccc(CI)c3C23CCN(C)CC3C)C(OC(C)=O)[C@@H](OC(C)=O)C1OC(C)=O. The van der Waals surface area contributed by atoms with Crippen molar-refractivity contribution in [1.82, 2.24) is 4.90 Å². The number of halogens is 1. The summed E-state index contributed by atoms with van der Waals surface area (Å²) in [7, 11) is 3.23. The molecule has 3 heterocycles. The van der Waals surface area contributed by atoms with E-state index in [2.05, 4.69) is 41.5 Å². The summed E-state index contributed by atoms with van der Waals surface area (Å²) in [5.41, 5.74) is 0.632. The van der Waals surface area contributed by atoms with E-state index in [4.69, 9.17) is 28.4 Å². The Bertz CT molecular complexity index is 1250. The maximum absolute atomic E-state index is 12.8. The van der Waals surface area contributed by atoms with Crippen molar-refractivity contribution in [2.75, 3.05) is 33.0 Å². The molecule has 4 rings (SSSR count). The summed E-state index contributed by atoms with van der Waals surface area (Å²) in [5, 5.41) is 10.9. The van der Waals surface area contributed by atoms with Crippen molar-refractivity contribution in [2.24, 2.45) is 5.92 Å². The summed E-state index contributed by atoms with van der Waals surface area (Å²) < 4.78 is 34.8. The third kappa shape index (κ3) is 6.71. The van der Waals surface area contributed by atoms with E-state index in [0.717, 1.165) is 56.0 Å². The topological polar surface area (TPSA) is 147 Å². The van der Waals surface area contributed by atoms with E-state index in [1.807, 2.05) is 6.07 Å². The number of hydrogen-bond donors (Lipinski definition) is 1. The number of phenols is 1. The zero-order valence-corrected chi connectivity index (χ0v) is 28.0. The standard InChI is InChI=1S/C29H38INO11S/c1-14-12-31(5)10-9-29(14)20(41-22-19(35)8-7-18(11-30)21(22)29)13-43-28-26(40-17(4)34)24(39-16(3)33)23(38-15(2)32)25(42-28)27(36)37-6/h7-8,14,20,23-26,28,35H,9-13H2,1-6H3/t14?,20?,23?,24-,25-,26?,28?,29?/m0/s1. The molecule has 6 unspecified atom stereocenters. The highest BCUT2D eigenvalue weighted by molar-refractivity contribution is 14.1. The van der Waals surface area contributed by atoms with Crippen LogP contribution in [0.25, 0.3) is 0 Å². The number of rotatable bonds is 8. The van der Waals surface area contributed by atoms with Crippen LogP contribution >= 0.6 is 34.4 Å². The van der Waals surface area contributed by atoms with Crippen molar-refractivity contribution in [3.05, 3.63) is 23.3 Å². The summed E-state index contributed by atoms with van der Waals surface area (Å²) in [6.45, 7) is 7.31. The number of piperidine rings is 1.